The Bertz CT molecular complexity index is 852. The Morgan fingerprint density at radius 2 is 1.69 bits per heavy atom. The average Bonchev–Trinajstić information content (AvgIpc) is 2.73. The highest BCUT2D eigenvalue weighted by molar-refractivity contribution is 8.00. The van der Waals surface area contributed by atoms with Crippen LogP contribution in [0.4, 0.5) is 5.69 Å². The standard InChI is InChI=1S/C23H28N2O3S/c1-16(18-8-7-17-5-3-4-6-19(17)13-18)24-22(26)14-29-15-23(27)25-20-9-11-21(28-2)12-10-20/h7-13,16H,3-6,14-15H2,1-2H3,(H,24,26)(H,25,27). The smallest absolute Gasteiger partial charge is 0.234 e. The minimum Gasteiger partial charge on any atom is -0.497 e. The fourth-order valence-electron chi connectivity index (χ4n) is 3.50. The van der Waals surface area contributed by atoms with Gasteiger partial charge in [0.1, 0.15) is 5.75 Å². The Morgan fingerprint density at radius 1 is 1.00 bits per heavy atom. The second kappa shape index (κ2) is 10.3. The molecule has 0 aliphatic heterocycles. The van der Waals surface area contributed by atoms with Crippen LogP contribution in [0.15, 0.2) is 42.5 Å². The molecule has 1 unspecified atom stereocenters. The summed E-state index contributed by atoms with van der Waals surface area (Å²) in [6.07, 6.45) is 4.79. The molecular formula is C23H28N2O3S. The van der Waals surface area contributed by atoms with E-state index in [0.717, 1.165) is 24.2 Å². The molecule has 1 atom stereocenters. The average molecular weight is 413 g/mol. The number of carbonyl (C=O) groups is 2. The van der Waals surface area contributed by atoms with Crippen LogP contribution in [0, 0.1) is 0 Å². The maximum Gasteiger partial charge on any atom is 0.234 e. The van der Waals surface area contributed by atoms with Gasteiger partial charge in [0.25, 0.3) is 0 Å². The number of hydrogen-bond acceptors (Lipinski definition) is 4. The van der Waals surface area contributed by atoms with Crippen molar-refractivity contribution < 1.29 is 14.3 Å². The van der Waals surface area contributed by atoms with Gasteiger partial charge in [0.05, 0.1) is 24.7 Å². The molecule has 1 aliphatic carbocycles. The molecule has 5 nitrogen and oxygen atoms in total. The molecule has 0 bridgehead atoms. The van der Waals surface area contributed by atoms with Crippen molar-refractivity contribution in [3.05, 3.63) is 59.2 Å². The highest BCUT2D eigenvalue weighted by Crippen LogP contribution is 2.24. The van der Waals surface area contributed by atoms with E-state index in [9.17, 15) is 9.59 Å². The number of hydrogen-bond donors (Lipinski definition) is 2. The van der Waals surface area contributed by atoms with Gasteiger partial charge in [0.2, 0.25) is 11.8 Å². The summed E-state index contributed by atoms with van der Waals surface area (Å²) in [6.45, 7) is 2.00. The normalized spacial score (nSPS) is 13.9. The molecule has 0 saturated carbocycles. The first kappa shape index (κ1) is 21.2. The van der Waals surface area contributed by atoms with Gasteiger partial charge in [-0.2, -0.15) is 0 Å². The maximum atomic E-state index is 12.2. The Labute approximate surface area is 176 Å². The van der Waals surface area contributed by atoms with Crippen LogP contribution >= 0.6 is 11.8 Å². The zero-order valence-electron chi connectivity index (χ0n) is 17.0. The number of amides is 2. The number of nitrogens with one attached hydrogen (secondary N) is 2. The van der Waals surface area contributed by atoms with Crippen molar-refractivity contribution in [3.63, 3.8) is 0 Å². The predicted molar refractivity (Wildman–Crippen MR) is 119 cm³/mol. The molecule has 0 fully saturated rings. The Kier molecular flexibility index (Phi) is 7.58. The fourth-order valence-corrected chi connectivity index (χ4v) is 4.13. The summed E-state index contributed by atoms with van der Waals surface area (Å²) in [5, 5.41) is 5.85. The Hall–Kier alpha value is -2.47. The van der Waals surface area contributed by atoms with Crippen molar-refractivity contribution in [1.29, 1.82) is 0 Å². The van der Waals surface area contributed by atoms with Gasteiger partial charge in [-0.3, -0.25) is 9.59 Å². The summed E-state index contributed by atoms with van der Waals surface area (Å²) in [5.74, 6) is 1.04. The molecule has 1 aliphatic rings. The largest absolute Gasteiger partial charge is 0.497 e. The van der Waals surface area contributed by atoms with E-state index in [1.165, 1.54) is 35.7 Å². The molecule has 0 aromatic heterocycles. The molecule has 6 heteroatoms. The molecule has 2 amide bonds. The number of benzene rings is 2. The predicted octanol–water partition coefficient (Wildman–Crippen LogP) is 4.12. The van der Waals surface area contributed by atoms with Crippen LogP contribution in [0.2, 0.25) is 0 Å². The molecule has 3 rings (SSSR count). The third-order valence-electron chi connectivity index (χ3n) is 5.09. The van der Waals surface area contributed by atoms with Crippen LogP contribution in [-0.2, 0) is 22.4 Å². The topological polar surface area (TPSA) is 67.4 Å². The summed E-state index contributed by atoms with van der Waals surface area (Å²) in [4.78, 5) is 24.3. The van der Waals surface area contributed by atoms with Gasteiger partial charge in [0, 0.05) is 5.69 Å². The molecule has 29 heavy (non-hydrogen) atoms. The maximum absolute atomic E-state index is 12.2. The summed E-state index contributed by atoms with van der Waals surface area (Å²) in [5.41, 5.74) is 4.71. The zero-order chi connectivity index (χ0) is 20.6. The van der Waals surface area contributed by atoms with Crippen molar-refractivity contribution >= 4 is 29.3 Å². The lowest BCUT2D eigenvalue weighted by Gasteiger charge is -2.20. The van der Waals surface area contributed by atoms with Gasteiger partial charge in [-0.15, -0.1) is 11.8 Å². The molecule has 0 heterocycles. The monoisotopic (exact) mass is 412 g/mol. The molecule has 2 aromatic carbocycles. The number of rotatable bonds is 8. The lowest BCUT2D eigenvalue weighted by Crippen LogP contribution is -2.29. The summed E-state index contributed by atoms with van der Waals surface area (Å²) in [7, 11) is 1.60. The van der Waals surface area contributed by atoms with Crippen LogP contribution in [-0.4, -0.2) is 30.4 Å². The number of anilines is 1. The van der Waals surface area contributed by atoms with E-state index in [4.69, 9.17) is 4.74 Å². The molecular weight excluding hydrogens is 384 g/mol. The molecule has 2 N–H and O–H groups in total. The van der Waals surface area contributed by atoms with Crippen molar-refractivity contribution in [1.82, 2.24) is 5.32 Å². The van der Waals surface area contributed by atoms with Crippen molar-refractivity contribution in [3.8, 4) is 5.75 Å². The number of carbonyl (C=O) groups excluding carboxylic acids is 2. The lowest BCUT2D eigenvalue weighted by atomic mass is 9.89. The van der Waals surface area contributed by atoms with E-state index < -0.39 is 0 Å². The highest BCUT2D eigenvalue weighted by atomic mass is 32.2. The van der Waals surface area contributed by atoms with Crippen molar-refractivity contribution in [2.45, 2.75) is 38.6 Å². The summed E-state index contributed by atoms with van der Waals surface area (Å²) in [6, 6.07) is 13.7. The van der Waals surface area contributed by atoms with E-state index in [0.29, 0.717) is 5.69 Å². The minimum absolute atomic E-state index is 0.0385. The van der Waals surface area contributed by atoms with E-state index >= 15 is 0 Å². The molecule has 0 spiro atoms. The number of fused-ring (bicyclic) bond motifs is 1. The number of thioether (sulfide) groups is 1. The summed E-state index contributed by atoms with van der Waals surface area (Å²) >= 11 is 1.31. The van der Waals surface area contributed by atoms with Gasteiger partial charge in [0.15, 0.2) is 0 Å². The second-order valence-electron chi connectivity index (χ2n) is 7.29. The quantitative estimate of drug-likeness (QED) is 0.684. The van der Waals surface area contributed by atoms with Crippen molar-refractivity contribution in [2.24, 2.45) is 0 Å². The number of ether oxygens (including phenoxy) is 1. The van der Waals surface area contributed by atoms with Gasteiger partial charge < -0.3 is 15.4 Å². The van der Waals surface area contributed by atoms with Crippen LogP contribution in [0.1, 0.15) is 42.5 Å². The molecule has 2 aromatic rings. The highest BCUT2D eigenvalue weighted by Gasteiger charge is 2.14. The van der Waals surface area contributed by atoms with Gasteiger partial charge in [-0.1, -0.05) is 18.2 Å². The van der Waals surface area contributed by atoms with Gasteiger partial charge >= 0.3 is 0 Å². The third-order valence-corrected chi connectivity index (χ3v) is 6.02. The molecule has 0 radical (unpaired) electrons. The van der Waals surface area contributed by atoms with Crippen LogP contribution in [0.3, 0.4) is 0 Å². The SMILES string of the molecule is COc1ccc(NC(=O)CSCC(=O)NC(C)c2ccc3c(c2)CCCC3)cc1. The molecule has 0 saturated heterocycles. The first-order valence-electron chi connectivity index (χ1n) is 9.98. The number of aryl methyl sites for hydroxylation is 2. The first-order valence-corrected chi connectivity index (χ1v) is 11.1. The van der Waals surface area contributed by atoms with Crippen LogP contribution in [0.5, 0.6) is 5.75 Å². The Balaban J connectivity index is 1.40. The molecule has 154 valence electrons. The van der Waals surface area contributed by atoms with E-state index in [2.05, 4.69) is 28.8 Å². The van der Waals surface area contributed by atoms with E-state index in [1.807, 2.05) is 6.92 Å². The van der Waals surface area contributed by atoms with Crippen LogP contribution in [0.25, 0.3) is 0 Å². The van der Waals surface area contributed by atoms with Gasteiger partial charge in [-0.05, 0) is 73.6 Å². The summed E-state index contributed by atoms with van der Waals surface area (Å²) < 4.78 is 5.09. The Morgan fingerprint density at radius 3 is 2.41 bits per heavy atom. The third kappa shape index (κ3) is 6.26. The van der Waals surface area contributed by atoms with Crippen LogP contribution < -0.4 is 15.4 Å². The fraction of sp³-hybridized carbons (Fsp3) is 0.391. The van der Waals surface area contributed by atoms with Gasteiger partial charge in [-0.25, -0.2) is 0 Å². The van der Waals surface area contributed by atoms with E-state index in [1.54, 1.807) is 31.4 Å². The zero-order valence-corrected chi connectivity index (χ0v) is 17.8. The first-order chi connectivity index (χ1) is 14.0. The number of methoxy groups -OCH3 is 1. The van der Waals surface area contributed by atoms with Crippen molar-refractivity contribution in [2.75, 3.05) is 23.9 Å². The lowest BCUT2D eigenvalue weighted by molar-refractivity contribution is -0.119. The second-order valence-corrected chi connectivity index (χ2v) is 8.28. The minimum atomic E-state index is -0.129. The van der Waals surface area contributed by atoms with E-state index in [-0.39, 0.29) is 29.4 Å².